The first-order chi connectivity index (χ1) is 8.47. The minimum absolute atomic E-state index is 0.268. The number of benzene rings is 1. The maximum atomic E-state index is 11.4. The van der Waals surface area contributed by atoms with Crippen LogP contribution in [0.2, 0.25) is 0 Å². The summed E-state index contributed by atoms with van der Waals surface area (Å²) in [5.41, 5.74) is 2.21. The normalized spacial score (nSPS) is 10.8. The molecule has 0 aliphatic rings. The van der Waals surface area contributed by atoms with Crippen LogP contribution >= 0.6 is 0 Å². The molecule has 0 saturated heterocycles. The molecule has 0 fully saturated rings. The summed E-state index contributed by atoms with van der Waals surface area (Å²) in [6.07, 6.45) is -0.670. The zero-order valence-electron chi connectivity index (χ0n) is 11.7. The van der Waals surface area contributed by atoms with Gasteiger partial charge in [-0.1, -0.05) is 39.8 Å². The fourth-order valence-corrected chi connectivity index (χ4v) is 1.92. The highest BCUT2D eigenvalue weighted by molar-refractivity contribution is 5.65. The van der Waals surface area contributed by atoms with Crippen molar-refractivity contribution in [1.82, 2.24) is 0 Å². The van der Waals surface area contributed by atoms with Gasteiger partial charge < -0.3 is 9.47 Å². The van der Waals surface area contributed by atoms with E-state index in [9.17, 15) is 4.79 Å². The molecule has 0 heterocycles. The molecule has 0 aliphatic carbocycles. The summed E-state index contributed by atoms with van der Waals surface area (Å²) in [6, 6.07) is 6.79. The van der Waals surface area contributed by atoms with E-state index in [1.807, 2.05) is 6.07 Å². The van der Waals surface area contributed by atoms with Crippen molar-refractivity contribution in [3.8, 4) is 5.75 Å². The molecular formula is C15H21O3. The molecule has 3 heteroatoms. The fourth-order valence-electron chi connectivity index (χ4n) is 1.92. The van der Waals surface area contributed by atoms with Crippen molar-refractivity contribution in [2.24, 2.45) is 0 Å². The minimum Gasteiger partial charge on any atom is -0.434 e. The van der Waals surface area contributed by atoms with Gasteiger partial charge in [-0.05, 0) is 24.3 Å². The highest BCUT2D eigenvalue weighted by Crippen LogP contribution is 2.33. The second-order valence-electron chi connectivity index (χ2n) is 4.77. The Kier molecular flexibility index (Phi) is 5.20. The third-order valence-corrected chi connectivity index (χ3v) is 2.68. The highest BCUT2D eigenvalue weighted by atomic mass is 16.7. The van der Waals surface area contributed by atoms with Crippen molar-refractivity contribution in [2.45, 2.75) is 46.5 Å². The molecular weight excluding hydrogens is 228 g/mol. The molecule has 0 bridgehead atoms. The van der Waals surface area contributed by atoms with Crippen LogP contribution < -0.4 is 4.74 Å². The van der Waals surface area contributed by atoms with Crippen LogP contribution in [0.4, 0.5) is 4.79 Å². The molecule has 0 amide bonds. The number of ether oxygens (including phenoxy) is 2. The first-order valence-electron chi connectivity index (χ1n) is 6.36. The van der Waals surface area contributed by atoms with Gasteiger partial charge in [0.15, 0.2) is 0 Å². The Labute approximate surface area is 109 Å². The SMILES string of the molecule is CCOC(=O)Oc1[c]ccc(C(C)C)c1C(C)C. The lowest BCUT2D eigenvalue weighted by atomic mass is 9.90. The van der Waals surface area contributed by atoms with Gasteiger partial charge in [-0.3, -0.25) is 0 Å². The van der Waals surface area contributed by atoms with Gasteiger partial charge in [0.05, 0.1) is 6.61 Å². The monoisotopic (exact) mass is 249 g/mol. The third-order valence-electron chi connectivity index (χ3n) is 2.68. The molecule has 1 aromatic carbocycles. The molecule has 18 heavy (non-hydrogen) atoms. The van der Waals surface area contributed by atoms with Crippen LogP contribution in [0.1, 0.15) is 57.6 Å². The second kappa shape index (κ2) is 6.43. The van der Waals surface area contributed by atoms with Crippen LogP contribution in [0, 0.1) is 6.07 Å². The van der Waals surface area contributed by atoms with Crippen molar-refractivity contribution in [3.63, 3.8) is 0 Å². The Morgan fingerprint density at radius 3 is 2.44 bits per heavy atom. The summed E-state index contributed by atoms with van der Waals surface area (Å²) in [5, 5.41) is 0. The molecule has 99 valence electrons. The number of hydrogen-bond donors (Lipinski definition) is 0. The van der Waals surface area contributed by atoms with Gasteiger partial charge in [0.1, 0.15) is 5.75 Å². The molecule has 0 N–H and O–H groups in total. The van der Waals surface area contributed by atoms with Gasteiger partial charge in [0.2, 0.25) is 0 Å². The van der Waals surface area contributed by atoms with Crippen molar-refractivity contribution < 1.29 is 14.3 Å². The van der Waals surface area contributed by atoms with E-state index in [4.69, 9.17) is 9.47 Å². The highest BCUT2D eigenvalue weighted by Gasteiger charge is 2.18. The third kappa shape index (κ3) is 3.49. The van der Waals surface area contributed by atoms with E-state index in [0.29, 0.717) is 18.3 Å². The standard InChI is InChI=1S/C15H21O3/c1-6-17-15(16)18-13-9-7-8-12(10(2)3)14(13)11(4)5/h7-8,10-11H,6H2,1-5H3. The second-order valence-corrected chi connectivity index (χ2v) is 4.77. The zero-order chi connectivity index (χ0) is 13.7. The van der Waals surface area contributed by atoms with Gasteiger partial charge >= 0.3 is 6.16 Å². The van der Waals surface area contributed by atoms with E-state index in [1.165, 1.54) is 5.56 Å². The maximum absolute atomic E-state index is 11.4. The Balaban J connectivity index is 3.11. The molecule has 0 saturated carbocycles. The van der Waals surface area contributed by atoms with Crippen LogP contribution in [0.3, 0.4) is 0 Å². The molecule has 1 aromatic rings. The fraction of sp³-hybridized carbons (Fsp3) is 0.533. The van der Waals surface area contributed by atoms with Gasteiger partial charge in [0.25, 0.3) is 0 Å². The van der Waals surface area contributed by atoms with Gasteiger partial charge in [0, 0.05) is 11.6 Å². The topological polar surface area (TPSA) is 35.5 Å². The lowest BCUT2D eigenvalue weighted by Crippen LogP contribution is -2.13. The quantitative estimate of drug-likeness (QED) is 0.590. The van der Waals surface area contributed by atoms with E-state index < -0.39 is 6.16 Å². The van der Waals surface area contributed by atoms with Gasteiger partial charge in [-0.2, -0.15) is 0 Å². The molecule has 3 nitrogen and oxygen atoms in total. The largest absolute Gasteiger partial charge is 0.513 e. The maximum Gasteiger partial charge on any atom is 0.513 e. The number of hydrogen-bond acceptors (Lipinski definition) is 3. The van der Waals surface area contributed by atoms with Crippen LogP contribution in [0.15, 0.2) is 12.1 Å². The molecule has 0 aromatic heterocycles. The van der Waals surface area contributed by atoms with E-state index in [1.54, 1.807) is 13.0 Å². The summed E-state index contributed by atoms with van der Waals surface area (Å²) >= 11 is 0. The van der Waals surface area contributed by atoms with Crippen molar-refractivity contribution in [1.29, 1.82) is 0 Å². The molecule has 0 unspecified atom stereocenters. The summed E-state index contributed by atoms with van der Waals surface area (Å²) in [6.45, 7) is 10.4. The van der Waals surface area contributed by atoms with Crippen molar-refractivity contribution >= 4 is 6.16 Å². The average Bonchev–Trinajstić information content (AvgIpc) is 2.28. The van der Waals surface area contributed by atoms with E-state index >= 15 is 0 Å². The number of carbonyl (C=O) groups excluding carboxylic acids is 1. The summed E-state index contributed by atoms with van der Waals surface area (Å²) in [7, 11) is 0. The van der Waals surface area contributed by atoms with E-state index in [0.717, 1.165) is 5.56 Å². The minimum atomic E-state index is -0.670. The molecule has 1 radical (unpaired) electrons. The predicted molar refractivity (Wildman–Crippen MR) is 71.1 cm³/mol. The Morgan fingerprint density at radius 2 is 1.94 bits per heavy atom. The Hall–Kier alpha value is -1.51. The average molecular weight is 249 g/mol. The Morgan fingerprint density at radius 1 is 1.28 bits per heavy atom. The van der Waals surface area contributed by atoms with E-state index in [-0.39, 0.29) is 5.92 Å². The van der Waals surface area contributed by atoms with Crippen LogP contribution in [0.5, 0.6) is 5.75 Å². The lowest BCUT2D eigenvalue weighted by molar-refractivity contribution is 0.104. The van der Waals surface area contributed by atoms with Gasteiger partial charge in [-0.15, -0.1) is 0 Å². The number of carbonyl (C=O) groups is 1. The lowest BCUT2D eigenvalue weighted by Gasteiger charge is -2.19. The molecule has 1 rings (SSSR count). The summed E-state index contributed by atoms with van der Waals surface area (Å²) in [4.78, 5) is 11.4. The zero-order valence-corrected chi connectivity index (χ0v) is 11.7. The Bertz CT molecular complexity index is 408. The van der Waals surface area contributed by atoms with Crippen LogP contribution in [-0.4, -0.2) is 12.8 Å². The smallest absolute Gasteiger partial charge is 0.434 e. The molecule has 0 spiro atoms. The molecule has 0 aliphatic heterocycles. The summed E-state index contributed by atoms with van der Waals surface area (Å²) in [5.74, 6) is 1.13. The molecule has 0 atom stereocenters. The number of rotatable bonds is 4. The predicted octanol–water partition coefficient (Wildman–Crippen LogP) is 4.27. The first-order valence-corrected chi connectivity index (χ1v) is 6.36. The summed E-state index contributed by atoms with van der Waals surface area (Å²) < 4.78 is 10.0. The van der Waals surface area contributed by atoms with Crippen LogP contribution in [0.25, 0.3) is 0 Å². The van der Waals surface area contributed by atoms with Crippen molar-refractivity contribution in [3.05, 3.63) is 29.3 Å². The first kappa shape index (κ1) is 14.6. The van der Waals surface area contributed by atoms with Gasteiger partial charge in [-0.25, -0.2) is 4.79 Å². The van der Waals surface area contributed by atoms with E-state index in [2.05, 4.69) is 33.8 Å². The van der Waals surface area contributed by atoms with Crippen molar-refractivity contribution in [2.75, 3.05) is 6.61 Å². The van der Waals surface area contributed by atoms with Crippen LogP contribution in [-0.2, 0) is 4.74 Å².